The van der Waals surface area contributed by atoms with Gasteiger partial charge in [0.05, 0.1) is 16.7 Å². The van der Waals surface area contributed by atoms with E-state index in [0.717, 1.165) is 27.5 Å². The maximum Gasteiger partial charge on any atom is 0.228 e. The number of aryl methyl sites for hydroxylation is 1. The van der Waals surface area contributed by atoms with Crippen LogP contribution in [0.5, 0.6) is 5.75 Å². The number of aromatic amines is 1. The molecule has 0 aliphatic carbocycles. The third-order valence-electron chi connectivity index (χ3n) is 2.84. The summed E-state index contributed by atoms with van der Waals surface area (Å²) in [5.41, 5.74) is 2.54. The molecule has 3 aromatic rings. The molecule has 3 nitrogen and oxygen atoms in total. The SMILES string of the molecule is [2H]C([2H])([18F])Oc1ccc2c(c1)[nH]c1c(C)nccc12. The highest BCUT2D eigenvalue weighted by Gasteiger charge is 2.07. The molecule has 0 aliphatic heterocycles. The van der Waals surface area contributed by atoms with Crippen LogP contribution in [-0.4, -0.2) is 16.8 Å². The Bertz CT molecular complexity index is 764. The molecule has 0 unspecified atom stereocenters. The van der Waals surface area contributed by atoms with Gasteiger partial charge in [-0.3, -0.25) is 4.98 Å². The Kier molecular flexibility index (Phi) is 1.77. The van der Waals surface area contributed by atoms with Gasteiger partial charge in [0, 0.05) is 23.0 Å². The van der Waals surface area contributed by atoms with Gasteiger partial charge in [-0.1, -0.05) is 0 Å². The second-order valence-corrected chi connectivity index (χ2v) is 3.83. The van der Waals surface area contributed by atoms with Crippen LogP contribution in [0, 0.1) is 6.92 Å². The Morgan fingerprint density at radius 2 is 2.29 bits per heavy atom. The van der Waals surface area contributed by atoms with E-state index in [-0.39, 0.29) is 5.75 Å². The molecule has 2 heterocycles. The molecule has 4 heteroatoms. The molecule has 0 atom stereocenters. The Balaban J connectivity index is 2.19. The lowest BCUT2D eigenvalue weighted by Gasteiger charge is -1.99. The van der Waals surface area contributed by atoms with Gasteiger partial charge in [0.2, 0.25) is 6.81 Å². The molecule has 0 radical (unpaired) electrons. The molecule has 0 bridgehead atoms. The molecule has 0 saturated carbocycles. The number of H-pyrrole nitrogens is 1. The van der Waals surface area contributed by atoms with E-state index in [1.807, 2.05) is 13.0 Å². The summed E-state index contributed by atoms with van der Waals surface area (Å²) in [5, 5.41) is 1.99. The average molecular weight is 231 g/mol. The first-order valence-corrected chi connectivity index (χ1v) is 5.19. The molecule has 17 heavy (non-hydrogen) atoms. The third kappa shape index (κ3) is 1.53. The van der Waals surface area contributed by atoms with E-state index in [2.05, 4.69) is 14.7 Å². The first kappa shape index (κ1) is 8.06. The number of benzene rings is 1. The van der Waals surface area contributed by atoms with Crippen molar-refractivity contribution in [2.24, 2.45) is 0 Å². The lowest BCUT2D eigenvalue weighted by Crippen LogP contribution is -1.88. The molecule has 0 spiro atoms. The van der Waals surface area contributed by atoms with Gasteiger partial charge in [-0.2, -0.15) is 0 Å². The van der Waals surface area contributed by atoms with Crippen molar-refractivity contribution in [1.29, 1.82) is 0 Å². The van der Waals surface area contributed by atoms with E-state index in [4.69, 9.17) is 2.74 Å². The summed E-state index contributed by atoms with van der Waals surface area (Å²) in [5.74, 6) is 0.136. The Morgan fingerprint density at radius 1 is 1.41 bits per heavy atom. The minimum atomic E-state index is -3.18. The molecular formula is C13H11FN2O. The first-order valence-electron chi connectivity index (χ1n) is 6.19. The van der Waals surface area contributed by atoms with Gasteiger partial charge in [-0.25, -0.2) is 4.39 Å². The summed E-state index contributed by atoms with van der Waals surface area (Å²) in [7, 11) is 0. The van der Waals surface area contributed by atoms with Crippen LogP contribution in [0.15, 0.2) is 30.5 Å². The van der Waals surface area contributed by atoms with Crippen molar-refractivity contribution in [3.8, 4) is 5.75 Å². The Hall–Kier alpha value is -2.10. The number of ether oxygens (including phenoxy) is 1. The van der Waals surface area contributed by atoms with Crippen molar-refractivity contribution in [1.82, 2.24) is 9.97 Å². The van der Waals surface area contributed by atoms with Crippen LogP contribution in [0.25, 0.3) is 21.8 Å². The molecule has 0 saturated heterocycles. The van der Waals surface area contributed by atoms with Crippen LogP contribution in [-0.2, 0) is 0 Å². The Morgan fingerprint density at radius 3 is 3.12 bits per heavy atom. The van der Waals surface area contributed by atoms with E-state index >= 15 is 0 Å². The van der Waals surface area contributed by atoms with E-state index in [9.17, 15) is 4.39 Å². The van der Waals surface area contributed by atoms with Crippen LogP contribution < -0.4 is 4.74 Å². The number of nitrogens with one attached hydrogen (secondary N) is 1. The van der Waals surface area contributed by atoms with Gasteiger partial charge in [0.15, 0.2) is 0 Å². The highest BCUT2D eigenvalue weighted by atomic mass is 18.2. The predicted octanol–water partition coefficient (Wildman–Crippen LogP) is 3.33. The van der Waals surface area contributed by atoms with Crippen molar-refractivity contribution in [3.63, 3.8) is 0 Å². The van der Waals surface area contributed by atoms with E-state index < -0.39 is 6.81 Å². The molecule has 1 aromatic carbocycles. The summed E-state index contributed by atoms with van der Waals surface area (Å²) in [4.78, 5) is 7.39. The number of halogens is 1. The number of hydrogen-bond acceptors (Lipinski definition) is 2. The van der Waals surface area contributed by atoms with Crippen LogP contribution >= 0.6 is 0 Å². The lowest BCUT2D eigenvalue weighted by atomic mass is 10.1. The van der Waals surface area contributed by atoms with Crippen molar-refractivity contribution < 1.29 is 11.9 Å². The molecule has 86 valence electrons. The van der Waals surface area contributed by atoms with Crippen LogP contribution in [0.3, 0.4) is 0 Å². The summed E-state index contributed by atoms with van der Waals surface area (Å²) < 4.78 is 31.0. The van der Waals surface area contributed by atoms with Crippen LogP contribution in [0.2, 0.25) is 0 Å². The number of rotatable bonds is 2. The van der Waals surface area contributed by atoms with Gasteiger partial charge in [0.25, 0.3) is 0 Å². The number of alkyl halides is 1. The van der Waals surface area contributed by atoms with Crippen molar-refractivity contribution in [2.75, 3.05) is 6.81 Å². The average Bonchev–Trinajstić information content (AvgIpc) is 2.66. The monoisotopic (exact) mass is 231 g/mol. The minimum absolute atomic E-state index is 0.136. The standard InChI is InChI=1S/C13H11FN2O/c1-8-13-11(4-5-15-8)10-3-2-9(17-7-14)6-12(10)16-13/h2-6,16H,7H2,1H3/i7D2,14-1. The highest BCUT2D eigenvalue weighted by molar-refractivity contribution is 6.08. The zero-order valence-electron chi connectivity index (χ0n) is 11.1. The molecule has 2 aromatic heterocycles. The van der Waals surface area contributed by atoms with E-state index in [1.165, 1.54) is 0 Å². The molecular weight excluding hydrogens is 218 g/mol. The molecule has 0 aliphatic rings. The summed E-state index contributed by atoms with van der Waals surface area (Å²) >= 11 is 0. The van der Waals surface area contributed by atoms with Gasteiger partial charge >= 0.3 is 0 Å². The summed E-state index contributed by atoms with van der Waals surface area (Å²) in [6.07, 6.45) is 1.73. The normalized spacial score (nSPS) is 13.8. The van der Waals surface area contributed by atoms with Crippen molar-refractivity contribution in [3.05, 3.63) is 36.2 Å². The fourth-order valence-corrected chi connectivity index (χ4v) is 2.05. The topological polar surface area (TPSA) is 37.9 Å². The maximum atomic E-state index is 12.8. The number of fused-ring (bicyclic) bond motifs is 3. The van der Waals surface area contributed by atoms with E-state index in [1.54, 1.807) is 24.4 Å². The largest absolute Gasteiger partial charge is 0.463 e. The quantitative estimate of drug-likeness (QED) is 0.734. The molecule has 0 amide bonds. The molecule has 3 rings (SSSR count). The second kappa shape index (κ2) is 3.73. The van der Waals surface area contributed by atoms with Gasteiger partial charge in [0.1, 0.15) is 8.49 Å². The number of hydrogen-bond donors (Lipinski definition) is 1. The second-order valence-electron chi connectivity index (χ2n) is 3.83. The number of nitrogens with zero attached hydrogens (tertiary/aromatic N) is 1. The highest BCUT2D eigenvalue weighted by Crippen LogP contribution is 2.29. The lowest BCUT2D eigenvalue weighted by molar-refractivity contribution is 0.192. The van der Waals surface area contributed by atoms with Crippen molar-refractivity contribution >= 4 is 21.8 Å². The van der Waals surface area contributed by atoms with Gasteiger partial charge in [-0.05, 0) is 25.1 Å². The molecule has 0 fully saturated rings. The van der Waals surface area contributed by atoms with Gasteiger partial charge < -0.3 is 9.72 Å². The zero-order valence-corrected chi connectivity index (χ0v) is 9.12. The third-order valence-corrected chi connectivity index (χ3v) is 2.84. The smallest absolute Gasteiger partial charge is 0.228 e. The number of pyridine rings is 1. The number of aromatic nitrogens is 2. The van der Waals surface area contributed by atoms with Crippen LogP contribution in [0.4, 0.5) is 4.39 Å². The fraction of sp³-hybridized carbons (Fsp3) is 0.154. The first-order chi connectivity index (χ1) is 8.94. The van der Waals surface area contributed by atoms with E-state index in [0.29, 0.717) is 0 Å². The Labute approximate surface area is 100 Å². The minimum Gasteiger partial charge on any atom is -0.463 e. The summed E-state index contributed by atoms with van der Waals surface area (Å²) in [6.45, 7) is -1.29. The summed E-state index contributed by atoms with van der Waals surface area (Å²) in [6, 6.07) is 6.79. The molecule has 1 N–H and O–H groups in total. The predicted molar refractivity (Wildman–Crippen MR) is 64.9 cm³/mol. The van der Waals surface area contributed by atoms with Crippen LogP contribution in [0.1, 0.15) is 8.44 Å². The van der Waals surface area contributed by atoms with Crippen molar-refractivity contribution in [2.45, 2.75) is 6.92 Å². The maximum absolute atomic E-state index is 12.8. The fourth-order valence-electron chi connectivity index (χ4n) is 2.05. The zero-order chi connectivity index (χ0) is 13.6. The van der Waals surface area contributed by atoms with Gasteiger partial charge in [-0.15, -0.1) is 0 Å².